The number of nitrogens with one attached hydrogen (secondary N) is 3. The molecule has 2 aliphatic heterocycles. The summed E-state index contributed by atoms with van der Waals surface area (Å²) in [6, 6.07) is -1.38. The van der Waals surface area contributed by atoms with Gasteiger partial charge in [-0.15, -0.1) is 0 Å². The quantitative estimate of drug-likeness (QED) is 0.586. The highest BCUT2D eigenvalue weighted by Gasteiger charge is 2.33. The first-order valence-corrected chi connectivity index (χ1v) is 8.11. The van der Waals surface area contributed by atoms with Crippen molar-refractivity contribution in [3.63, 3.8) is 0 Å². The second-order valence-electron chi connectivity index (χ2n) is 6.25. The molecule has 10 nitrogen and oxygen atoms in total. The number of aromatic nitrogens is 2. The van der Waals surface area contributed by atoms with Gasteiger partial charge >= 0.3 is 6.03 Å². The fourth-order valence-electron chi connectivity index (χ4n) is 2.99. The number of rotatable bonds is 4. The first-order valence-electron chi connectivity index (χ1n) is 8.11. The van der Waals surface area contributed by atoms with Crippen LogP contribution in [-0.4, -0.2) is 63.6 Å². The molecule has 2 aliphatic rings. The zero-order valence-electron chi connectivity index (χ0n) is 13.8. The van der Waals surface area contributed by atoms with Crippen molar-refractivity contribution in [1.29, 1.82) is 0 Å². The van der Waals surface area contributed by atoms with Crippen LogP contribution in [0, 0.1) is 0 Å². The van der Waals surface area contributed by atoms with Crippen LogP contribution in [0.3, 0.4) is 0 Å². The Morgan fingerprint density at radius 3 is 2.60 bits per heavy atom. The van der Waals surface area contributed by atoms with Gasteiger partial charge in [-0.2, -0.15) is 5.10 Å². The first-order chi connectivity index (χ1) is 11.9. The molecule has 5 amide bonds. The molecule has 3 N–H and O–H groups in total. The summed E-state index contributed by atoms with van der Waals surface area (Å²) < 4.78 is 1.56. The molecule has 3 heterocycles. The van der Waals surface area contributed by atoms with Crippen LogP contribution in [0.15, 0.2) is 12.4 Å². The maximum Gasteiger partial charge on any atom is 0.322 e. The average Bonchev–Trinajstić information content (AvgIpc) is 3.13. The SMILES string of the molecule is Cn1cc(C(=O)NC2CCN(C(=O)C[C@H]3NC(=O)NC3=O)CC2)cn1. The number of nitrogens with zero attached hydrogens (tertiary/aromatic N) is 3. The summed E-state index contributed by atoms with van der Waals surface area (Å²) in [6.45, 7) is 0.998. The van der Waals surface area contributed by atoms with E-state index in [1.54, 1.807) is 22.8 Å². The molecule has 0 bridgehead atoms. The first kappa shape index (κ1) is 16.9. The molecule has 3 rings (SSSR count). The summed E-state index contributed by atoms with van der Waals surface area (Å²) in [5.74, 6) is -0.834. The number of likely N-dealkylation sites (tertiary alicyclic amines) is 1. The van der Waals surface area contributed by atoms with Gasteiger partial charge in [0.25, 0.3) is 11.8 Å². The lowest BCUT2D eigenvalue weighted by Crippen LogP contribution is -2.48. The van der Waals surface area contributed by atoms with Gasteiger partial charge in [0.05, 0.1) is 18.2 Å². The highest BCUT2D eigenvalue weighted by atomic mass is 16.2. The lowest BCUT2D eigenvalue weighted by molar-refractivity contribution is -0.134. The van der Waals surface area contributed by atoms with Crippen LogP contribution in [0.5, 0.6) is 0 Å². The highest BCUT2D eigenvalue weighted by Crippen LogP contribution is 2.13. The molecule has 134 valence electrons. The third-order valence-corrected chi connectivity index (χ3v) is 4.39. The Bertz CT molecular complexity index is 707. The molecule has 2 saturated heterocycles. The highest BCUT2D eigenvalue weighted by molar-refractivity contribution is 6.05. The molecule has 1 atom stereocenters. The predicted octanol–water partition coefficient (Wildman–Crippen LogP) is -1.26. The van der Waals surface area contributed by atoms with E-state index in [2.05, 4.69) is 21.0 Å². The molecular formula is C15H20N6O4. The number of imide groups is 1. The van der Waals surface area contributed by atoms with Crippen molar-refractivity contribution < 1.29 is 19.2 Å². The third kappa shape index (κ3) is 3.95. The Morgan fingerprint density at radius 2 is 2.04 bits per heavy atom. The Kier molecular flexibility index (Phi) is 4.68. The van der Waals surface area contributed by atoms with Gasteiger partial charge in [-0.3, -0.25) is 24.4 Å². The van der Waals surface area contributed by atoms with Gasteiger partial charge in [0.1, 0.15) is 6.04 Å². The Balaban J connectivity index is 1.45. The van der Waals surface area contributed by atoms with E-state index in [-0.39, 0.29) is 24.3 Å². The van der Waals surface area contributed by atoms with Crippen molar-refractivity contribution in [2.75, 3.05) is 13.1 Å². The van der Waals surface area contributed by atoms with Crippen molar-refractivity contribution in [1.82, 2.24) is 30.6 Å². The van der Waals surface area contributed by atoms with E-state index in [0.29, 0.717) is 31.5 Å². The number of carbonyl (C=O) groups is 4. The molecule has 0 aliphatic carbocycles. The van der Waals surface area contributed by atoms with Gasteiger partial charge in [-0.25, -0.2) is 4.79 Å². The summed E-state index contributed by atoms with van der Waals surface area (Å²) in [5, 5.41) is 11.4. The van der Waals surface area contributed by atoms with Crippen LogP contribution in [0.4, 0.5) is 4.79 Å². The molecule has 25 heavy (non-hydrogen) atoms. The van der Waals surface area contributed by atoms with Gasteiger partial charge < -0.3 is 15.5 Å². The van der Waals surface area contributed by atoms with E-state index in [1.165, 1.54) is 6.20 Å². The van der Waals surface area contributed by atoms with Gasteiger partial charge in [-0.1, -0.05) is 0 Å². The number of piperidine rings is 1. The molecule has 0 unspecified atom stereocenters. The molecule has 1 aromatic rings. The zero-order chi connectivity index (χ0) is 18.0. The van der Waals surface area contributed by atoms with Crippen LogP contribution < -0.4 is 16.0 Å². The minimum atomic E-state index is -0.803. The molecule has 0 spiro atoms. The zero-order valence-corrected chi connectivity index (χ0v) is 13.8. The van der Waals surface area contributed by atoms with Crippen molar-refractivity contribution in [3.05, 3.63) is 18.0 Å². The van der Waals surface area contributed by atoms with E-state index in [1.807, 2.05) is 0 Å². The summed E-state index contributed by atoms with van der Waals surface area (Å²) >= 11 is 0. The number of hydrogen-bond donors (Lipinski definition) is 3. The Hall–Kier alpha value is -2.91. The summed E-state index contributed by atoms with van der Waals surface area (Å²) in [4.78, 5) is 48.6. The smallest absolute Gasteiger partial charge is 0.322 e. The maximum absolute atomic E-state index is 12.3. The van der Waals surface area contributed by atoms with Gasteiger partial charge in [0, 0.05) is 32.4 Å². The van der Waals surface area contributed by atoms with Crippen molar-refractivity contribution in [3.8, 4) is 0 Å². The number of hydrogen-bond acceptors (Lipinski definition) is 5. The molecule has 0 saturated carbocycles. The summed E-state index contributed by atoms with van der Waals surface area (Å²) in [5.41, 5.74) is 0.504. The number of carbonyl (C=O) groups excluding carboxylic acids is 4. The van der Waals surface area contributed by atoms with E-state index in [0.717, 1.165) is 0 Å². The average molecular weight is 348 g/mol. The van der Waals surface area contributed by atoms with Crippen LogP contribution in [-0.2, 0) is 16.6 Å². The third-order valence-electron chi connectivity index (χ3n) is 4.39. The number of amides is 5. The van der Waals surface area contributed by atoms with Crippen molar-refractivity contribution in [2.24, 2.45) is 7.05 Å². The lowest BCUT2D eigenvalue weighted by atomic mass is 10.0. The second kappa shape index (κ2) is 6.91. The van der Waals surface area contributed by atoms with Crippen LogP contribution in [0.25, 0.3) is 0 Å². The molecular weight excluding hydrogens is 328 g/mol. The normalized spacial score (nSPS) is 21.0. The molecule has 0 radical (unpaired) electrons. The van der Waals surface area contributed by atoms with Gasteiger partial charge in [0.15, 0.2) is 0 Å². The monoisotopic (exact) mass is 348 g/mol. The number of aryl methyl sites for hydroxylation is 1. The topological polar surface area (TPSA) is 125 Å². The predicted molar refractivity (Wildman–Crippen MR) is 85.4 cm³/mol. The van der Waals surface area contributed by atoms with E-state index >= 15 is 0 Å². The minimum absolute atomic E-state index is 0.00811. The standard InChI is InChI=1S/C15H20N6O4/c1-20-8-9(7-16-20)13(23)17-10-2-4-21(5-3-10)12(22)6-11-14(24)19-15(25)18-11/h7-8,10-11H,2-6H2,1H3,(H,17,23)(H2,18,19,24,25)/t11-/m1/s1. The Morgan fingerprint density at radius 1 is 1.32 bits per heavy atom. The lowest BCUT2D eigenvalue weighted by Gasteiger charge is -2.32. The van der Waals surface area contributed by atoms with Crippen molar-refractivity contribution in [2.45, 2.75) is 31.3 Å². The summed E-state index contributed by atoms with van der Waals surface area (Å²) in [6.07, 6.45) is 4.38. The van der Waals surface area contributed by atoms with Gasteiger partial charge in [0.2, 0.25) is 5.91 Å². The van der Waals surface area contributed by atoms with Crippen molar-refractivity contribution >= 4 is 23.8 Å². The van der Waals surface area contributed by atoms with E-state index in [9.17, 15) is 19.2 Å². The molecule has 0 aromatic carbocycles. The van der Waals surface area contributed by atoms with Crippen LogP contribution in [0.1, 0.15) is 29.6 Å². The largest absolute Gasteiger partial charge is 0.349 e. The minimum Gasteiger partial charge on any atom is -0.349 e. The number of urea groups is 1. The van der Waals surface area contributed by atoms with Crippen LogP contribution in [0.2, 0.25) is 0 Å². The fourth-order valence-corrected chi connectivity index (χ4v) is 2.99. The second-order valence-corrected chi connectivity index (χ2v) is 6.25. The van der Waals surface area contributed by atoms with Crippen LogP contribution >= 0.6 is 0 Å². The maximum atomic E-state index is 12.3. The van der Waals surface area contributed by atoms with Gasteiger partial charge in [-0.05, 0) is 12.8 Å². The van der Waals surface area contributed by atoms with E-state index < -0.39 is 18.0 Å². The Labute approximate surface area is 143 Å². The summed E-state index contributed by atoms with van der Waals surface area (Å²) in [7, 11) is 1.74. The molecule has 1 aromatic heterocycles. The molecule has 2 fully saturated rings. The van der Waals surface area contributed by atoms with E-state index in [4.69, 9.17) is 0 Å². The molecule has 10 heteroatoms. The fraction of sp³-hybridized carbons (Fsp3) is 0.533.